The molecule has 0 radical (unpaired) electrons. The number of carboxylic acid groups (broad SMARTS) is 3. The summed E-state index contributed by atoms with van der Waals surface area (Å²) in [6.07, 6.45) is -6.42. The van der Waals surface area contributed by atoms with Crippen molar-refractivity contribution in [3.05, 3.63) is 35.9 Å². The van der Waals surface area contributed by atoms with Gasteiger partial charge in [-0.05, 0) is 51.5 Å². The maximum atomic E-state index is 13.7. The summed E-state index contributed by atoms with van der Waals surface area (Å²) in [5.74, 6) is -15.1. The lowest BCUT2D eigenvalue weighted by Gasteiger charge is -2.29. The fourth-order valence-corrected chi connectivity index (χ4v) is 6.41. The average molecular weight is 1070 g/mol. The van der Waals surface area contributed by atoms with Crippen molar-refractivity contribution >= 4 is 77.0 Å². The minimum Gasteiger partial charge on any atom is -0.481 e. The molecule has 0 aliphatic rings. The molecule has 1 aromatic rings. The van der Waals surface area contributed by atoms with Crippen molar-refractivity contribution in [2.45, 2.75) is 119 Å². The predicted octanol–water partition coefficient (Wildman–Crippen LogP) is -9.20. The van der Waals surface area contributed by atoms with Crippen molar-refractivity contribution in [3.63, 3.8) is 0 Å². The minimum atomic E-state index is -2.02. The lowest BCUT2D eigenvalue weighted by molar-refractivity contribution is -0.139. The molecule has 418 valence electrons. The topological polar surface area (TPSA) is 545 Å². The molecule has 0 spiro atoms. The number of guanidine groups is 1. The number of aliphatic hydroxyl groups is 4. The van der Waals surface area contributed by atoms with Crippen LogP contribution in [-0.4, -0.2) is 206 Å². The molecule has 10 atom stereocenters. The third-order valence-electron chi connectivity index (χ3n) is 10.4. The van der Waals surface area contributed by atoms with E-state index in [0.29, 0.717) is 5.56 Å². The number of nitrogens with zero attached hydrogens (tertiary/aromatic N) is 1. The van der Waals surface area contributed by atoms with Crippen molar-refractivity contribution in [2.75, 3.05) is 32.8 Å². The first-order valence-electron chi connectivity index (χ1n) is 23.0. The van der Waals surface area contributed by atoms with Crippen LogP contribution in [0.4, 0.5) is 0 Å². The van der Waals surface area contributed by atoms with Crippen LogP contribution in [0.15, 0.2) is 35.3 Å². The first kappa shape index (κ1) is 64.9. The highest BCUT2D eigenvalue weighted by atomic mass is 16.4. The minimum absolute atomic E-state index is 0.00877. The van der Waals surface area contributed by atoms with Crippen LogP contribution in [0.1, 0.15) is 57.9 Å². The number of carbonyl (C=O) groups excluding carboxylic acids is 9. The van der Waals surface area contributed by atoms with E-state index in [1.54, 1.807) is 30.3 Å². The van der Waals surface area contributed by atoms with E-state index in [9.17, 15) is 88.2 Å². The van der Waals surface area contributed by atoms with Crippen LogP contribution in [0.25, 0.3) is 0 Å². The smallest absolute Gasteiger partial charge is 0.322 e. The van der Waals surface area contributed by atoms with Gasteiger partial charge in [0.1, 0.15) is 48.8 Å². The van der Waals surface area contributed by atoms with Crippen molar-refractivity contribution < 1.29 is 93.3 Å². The van der Waals surface area contributed by atoms with E-state index in [0.717, 1.165) is 13.8 Å². The van der Waals surface area contributed by atoms with Gasteiger partial charge in [0.15, 0.2) is 5.96 Å². The molecule has 0 unspecified atom stereocenters. The summed E-state index contributed by atoms with van der Waals surface area (Å²) in [6.45, 7) is -1.97. The van der Waals surface area contributed by atoms with E-state index in [1.807, 2.05) is 10.6 Å². The number of aliphatic carboxylic acids is 3. The molecule has 0 bridgehead atoms. The number of benzene rings is 1. The molecule has 0 aromatic heterocycles. The first-order chi connectivity index (χ1) is 35.2. The van der Waals surface area contributed by atoms with Gasteiger partial charge in [-0.25, -0.2) is 0 Å². The Hall–Kier alpha value is -8.07. The van der Waals surface area contributed by atoms with Crippen LogP contribution in [0, 0.1) is 0 Å². The summed E-state index contributed by atoms with van der Waals surface area (Å²) in [5, 5.41) is 87.4. The molecule has 1 aromatic carbocycles. The van der Waals surface area contributed by atoms with Crippen LogP contribution < -0.4 is 65.1 Å². The number of carbonyl (C=O) groups is 12. The molecular weight excluding hydrogens is 1000 g/mol. The highest BCUT2D eigenvalue weighted by molar-refractivity contribution is 5.98. The fourth-order valence-electron chi connectivity index (χ4n) is 6.41. The third-order valence-corrected chi connectivity index (χ3v) is 10.4. The Morgan fingerprint density at radius 3 is 1.41 bits per heavy atom. The molecule has 0 saturated carbocycles. The van der Waals surface area contributed by atoms with E-state index in [2.05, 4.69) is 42.2 Å². The molecule has 0 aliphatic carbocycles. The summed E-state index contributed by atoms with van der Waals surface area (Å²) < 4.78 is 0. The summed E-state index contributed by atoms with van der Waals surface area (Å²) in [6, 6.07) is -5.35. The number of carboxylic acids is 3. The van der Waals surface area contributed by atoms with Gasteiger partial charge < -0.3 is 101 Å². The van der Waals surface area contributed by atoms with Crippen LogP contribution in [-0.2, 0) is 64.0 Å². The molecule has 0 heterocycles. The second kappa shape index (κ2) is 33.6. The van der Waals surface area contributed by atoms with Gasteiger partial charge in [-0.3, -0.25) is 62.5 Å². The van der Waals surface area contributed by atoms with E-state index in [1.165, 1.54) is 0 Å². The fraction of sp³-hybridized carbons (Fsp3) is 0.558. The Labute approximate surface area is 427 Å². The molecule has 9 amide bonds. The van der Waals surface area contributed by atoms with Gasteiger partial charge in [-0.1, -0.05) is 30.3 Å². The van der Waals surface area contributed by atoms with Gasteiger partial charge in [0.25, 0.3) is 0 Å². The van der Waals surface area contributed by atoms with E-state index < -0.39 is 184 Å². The Bertz CT molecular complexity index is 2180. The molecule has 75 heavy (non-hydrogen) atoms. The number of nitrogens with one attached hydrogen (secondary N) is 9. The van der Waals surface area contributed by atoms with Gasteiger partial charge in [0, 0.05) is 19.4 Å². The Morgan fingerprint density at radius 2 is 0.933 bits per heavy atom. The molecule has 0 fully saturated rings. The maximum Gasteiger partial charge on any atom is 0.322 e. The quantitative estimate of drug-likeness (QED) is 0.0170. The Morgan fingerprint density at radius 1 is 0.520 bits per heavy atom. The van der Waals surface area contributed by atoms with Gasteiger partial charge in [-0.2, -0.15) is 0 Å². The number of rotatable bonds is 35. The summed E-state index contributed by atoms with van der Waals surface area (Å²) >= 11 is 0. The lowest BCUT2D eigenvalue weighted by Crippen LogP contribution is -2.63. The summed E-state index contributed by atoms with van der Waals surface area (Å²) in [5.41, 5.74) is 17.4. The highest BCUT2D eigenvalue weighted by Crippen LogP contribution is 2.08. The SMILES string of the molecule is C[C@@H](O)[C@H](NC(=O)[C@H](CCC(=O)O)NC(=O)[C@@H](N)Cc1ccccc1)C(=O)N[C@H](C(=O)N[C@@H](CO)C(=O)N[C@@H](CCC(=O)O)C(=O)N[C@@H](CCCN=C(N)N)C(=O)NCC(=O)N[C@@H](CO)C(=O)NCC(=O)O)[C@@H](C)O. The van der Waals surface area contributed by atoms with Crippen molar-refractivity contribution in [3.8, 4) is 0 Å². The number of hydrogen-bond acceptors (Lipinski definition) is 18. The molecule has 1 rings (SSSR count). The number of amides is 9. The van der Waals surface area contributed by atoms with Crippen molar-refractivity contribution in [2.24, 2.45) is 22.2 Å². The largest absolute Gasteiger partial charge is 0.481 e. The van der Waals surface area contributed by atoms with E-state index in [-0.39, 0.29) is 31.8 Å². The first-order valence-corrected chi connectivity index (χ1v) is 23.0. The molecule has 22 N–H and O–H groups in total. The summed E-state index contributed by atoms with van der Waals surface area (Å²) in [7, 11) is 0. The molecule has 32 nitrogen and oxygen atoms in total. The molecule has 32 heteroatoms. The summed E-state index contributed by atoms with van der Waals surface area (Å²) in [4.78, 5) is 156. The third kappa shape index (κ3) is 25.4. The molecule has 0 aliphatic heterocycles. The zero-order chi connectivity index (χ0) is 56.9. The lowest BCUT2D eigenvalue weighted by atomic mass is 10.0. The van der Waals surface area contributed by atoms with Crippen LogP contribution in [0.3, 0.4) is 0 Å². The van der Waals surface area contributed by atoms with E-state index in [4.69, 9.17) is 22.3 Å². The normalized spacial score (nSPS) is 14.8. The van der Waals surface area contributed by atoms with Gasteiger partial charge in [-0.15, -0.1) is 0 Å². The Balaban J connectivity index is 3.26. The van der Waals surface area contributed by atoms with Crippen LogP contribution >= 0.6 is 0 Å². The second-order valence-electron chi connectivity index (χ2n) is 16.6. The zero-order valence-electron chi connectivity index (χ0n) is 40.9. The van der Waals surface area contributed by atoms with E-state index >= 15 is 0 Å². The van der Waals surface area contributed by atoms with Crippen LogP contribution in [0.5, 0.6) is 0 Å². The highest BCUT2D eigenvalue weighted by Gasteiger charge is 2.37. The maximum absolute atomic E-state index is 13.7. The zero-order valence-corrected chi connectivity index (χ0v) is 40.9. The molecular formula is C43H67N13O19. The second-order valence-corrected chi connectivity index (χ2v) is 16.6. The van der Waals surface area contributed by atoms with Gasteiger partial charge >= 0.3 is 17.9 Å². The monoisotopic (exact) mass is 1070 g/mol. The molecule has 0 saturated heterocycles. The number of aliphatic hydroxyl groups excluding tert-OH is 4. The average Bonchev–Trinajstić information content (AvgIpc) is 3.34. The van der Waals surface area contributed by atoms with Crippen molar-refractivity contribution in [1.82, 2.24) is 47.9 Å². The van der Waals surface area contributed by atoms with Crippen LogP contribution in [0.2, 0.25) is 0 Å². The van der Waals surface area contributed by atoms with Gasteiger partial charge in [0.2, 0.25) is 53.2 Å². The number of hydrogen-bond donors (Lipinski definition) is 19. The predicted molar refractivity (Wildman–Crippen MR) is 256 cm³/mol. The number of nitrogens with two attached hydrogens (primary N) is 3. The number of aliphatic imine (C=N–C) groups is 1. The Kier molecular flexibility index (Phi) is 29.1. The van der Waals surface area contributed by atoms with Crippen molar-refractivity contribution in [1.29, 1.82) is 0 Å². The standard InChI is InChI=1S/C43H67N13O19/c1-20(59)33(56-42(75)34(21(2)60)55-39(72)26(11-13-31(64)65)51-35(68)23(44)15-22-7-4-3-5-8-22)41(74)54-28(19-58)40(73)53-25(10-12-30(62)63)38(71)52-24(9-6-14-47-43(45)46)36(69)48-16-29(61)50-27(18-57)37(70)49-17-32(66)67/h3-5,7-8,20-21,23-28,33-34,57-60H,6,9-19,44H2,1-2H3,(H,48,69)(H,49,70)(H,50,61)(H,51,68)(H,52,71)(H,53,73)(H,54,74)(H,55,72)(H,56,75)(H,62,63)(H,64,65)(H,66,67)(H4,45,46,47)/t20-,21-,23+,24+,25+,26+,27+,28+,33+,34+/m1/s1. The van der Waals surface area contributed by atoms with Gasteiger partial charge in [0.05, 0.1) is 38.0 Å².